The fraction of sp³-hybridized carbons (Fsp3) is 0.564. The molecule has 2 aromatic heterocycles. The zero-order valence-electron chi connectivity index (χ0n) is 29.0. The maximum absolute atomic E-state index is 17.1. The molecule has 0 radical (unpaired) electrons. The van der Waals surface area contributed by atoms with Crippen LogP contribution >= 0.6 is 0 Å². The third kappa shape index (κ3) is 5.16. The molecule has 9 rings (SSSR count). The van der Waals surface area contributed by atoms with E-state index in [0.29, 0.717) is 66.7 Å². The highest BCUT2D eigenvalue weighted by atomic mass is 19.3. The van der Waals surface area contributed by atoms with E-state index in [9.17, 15) is 13.2 Å². The predicted octanol–water partition coefficient (Wildman–Crippen LogP) is 7.46. The summed E-state index contributed by atoms with van der Waals surface area (Å²) in [7, 11) is 0. The number of anilines is 1. The van der Waals surface area contributed by atoms with Gasteiger partial charge in [-0.05, 0) is 86.9 Å². The van der Waals surface area contributed by atoms with Gasteiger partial charge in [0.15, 0.2) is 5.82 Å². The maximum Gasteiger partial charge on any atom is 0.319 e. The number of halogens is 4. The van der Waals surface area contributed by atoms with E-state index in [4.69, 9.17) is 19.7 Å². The van der Waals surface area contributed by atoms with E-state index >= 15 is 4.39 Å². The molecule has 50 heavy (non-hydrogen) atoms. The number of alkyl halides is 2. The molecule has 4 aromatic rings. The van der Waals surface area contributed by atoms with Crippen molar-refractivity contribution in [2.75, 3.05) is 44.2 Å². The zero-order valence-corrected chi connectivity index (χ0v) is 29.0. The highest BCUT2D eigenvalue weighted by Crippen LogP contribution is 2.66. The molecule has 2 aliphatic carbocycles. The summed E-state index contributed by atoms with van der Waals surface area (Å²) in [6.45, 7) is 10.1. The Kier molecular flexibility index (Phi) is 7.42. The molecule has 0 unspecified atom stereocenters. The van der Waals surface area contributed by atoms with Crippen molar-refractivity contribution in [2.45, 2.75) is 83.7 Å². The van der Waals surface area contributed by atoms with Crippen LogP contribution in [0.15, 0.2) is 30.3 Å². The van der Waals surface area contributed by atoms with Gasteiger partial charge in [-0.15, -0.1) is 0 Å². The van der Waals surface area contributed by atoms with Gasteiger partial charge < -0.3 is 19.9 Å². The third-order valence-electron chi connectivity index (χ3n) is 12.7. The Bertz CT molecular complexity index is 2010. The summed E-state index contributed by atoms with van der Waals surface area (Å²) in [6.07, 6.45) is 4.62. The molecule has 3 aliphatic heterocycles. The van der Waals surface area contributed by atoms with Crippen LogP contribution < -0.4 is 15.0 Å². The molecule has 0 bridgehead atoms. The second-order valence-electron chi connectivity index (χ2n) is 16.0. The molecular weight excluding hydrogens is 644 g/mol. The van der Waals surface area contributed by atoms with Crippen molar-refractivity contribution in [2.24, 2.45) is 16.7 Å². The van der Waals surface area contributed by atoms with Crippen LogP contribution in [0.5, 0.6) is 6.01 Å². The molecule has 2 aromatic carbocycles. The van der Waals surface area contributed by atoms with Crippen LogP contribution in [0.1, 0.15) is 63.6 Å². The van der Waals surface area contributed by atoms with Crippen LogP contribution in [-0.2, 0) is 6.42 Å². The monoisotopic (exact) mass is 688 g/mol. The molecular formula is C39H44F4N6O. The van der Waals surface area contributed by atoms with Gasteiger partial charge in [-0.2, -0.15) is 9.97 Å². The highest BCUT2D eigenvalue weighted by molar-refractivity contribution is 6.01. The molecule has 264 valence electrons. The van der Waals surface area contributed by atoms with Crippen molar-refractivity contribution in [3.8, 4) is 17.3 Å². The first-order chi connectivity index (χ1) is 24.0. The van der Waals surface area contributed by atoms with Gasteiger partial charge in [0.25, 0.3) is 5.92 Å². The Labute approximate surface area is 289 Å². The van der Waals surface area contributed by atoms with Crippen LogP contribution in [0.4, 0.5) is 23.4 Å². The quantitative estimate of drug-likeness (QED) is 0.202. The van der Waals surface area contributed by atoms with E-state index in [2.05, 4.69) is 29.0 Å². The first-order valence-electron chi connectivity index (χ1n) is 18.3. The van der Waals surface area contributed by atoms with Crippen LogP contribution in [0.3, 0.4) is 0 Å². The van der Waals surface area contributed by atoms with E-state index in [1.54, 1.807) is 19.1 Å². The summed E-state index contributed by atoms with van der Waals surface area (Å²) in [5.41, 5.74) is 1.17. The lowest BCUT2D eigenvalue weighted by molar-refractivity contribution is 0.0252. The molecule has 4 fully saturated rings. The van der Waals surface area contributed by atoms with Crippen LogP contribution in [0.25, 0.3) is 32.9 Å². The number of benzene rings is 2. The number of hydrogen-bond donors (Lipinski definition) is 1. The fourth-order valence-corrected chi connectivity index (χ4v) is 9.12. The van der Waals surface area contributed by atoms with Gasteiger partial charge in [-0.3, -0.25) is 0 Å². The Morgan fingerprint density at radius 2 is 1.78 bits per heavy atom. The number of aryl methyl sites for hydroxylation is 1. The van der Waals surface area contributed by atoms with E-state index in [1.807, 2.05) is 12.1 Å². The van der Waals surface area contributed by atoms with Gasteiger partial charge >= 0.3 is 6.01 Å². The zero-order chi connectivity index (χ0) is 34.6. The lowest BCUT2D eigenvalue weighted by atomic mass is 9.92. The topological polar surface area (TPSA) is 66.4 Å². The maximum atomic E-state index is 17.1. The standard InChI is InChI=1S/C39H44F4N6O/c1-4-25-18-49-29(17-44-25)22(2)16-28-31-34(32(41)33(45-28)26-7-5-6-24-8-9-27(40)23(3)30(24)26)46-36(47-35(31)49)50-21-37(10-11-37)20-48-14-12-38(13-15-48)19-39(38,42)43/h5-9,22,25,29,44H,4,10-21H2,1-3H3/t22-,25+,29+/m0/s1. The largest absolute Gasteiger partial charge is 0.463 e. The summed E-state index contributed by atoms with van der Waals surface area (Å²) < 4.78 is 66.5. The molecule has 5 heterocycles. The highest BCUT2D eigenvalue weighted by Gasteiger charge is 2.70. The number of pyridine rings is 1. The summed E-state index contributed by atoms with van der Waals surface area (Å²) >= 11 is 0. The lowest BCUT2D eigenvalue weighted by Gasteiger charge is -2.42. The van der Waals surface area contributed by atoms with Crippen molar-refractivity contribution in [1.29, 1.82) is 0 Å². The van der Waals surface area contributed by atoms with Crippen molar-refractivity contribution in [1.82, 2.24) is 25.2 Å². The first kappa shape index (κ1) is 32.3. The Hall–Kier alpha value is -3.57. The van der Waals surface area contributed by atoms with Crippen molar-refractivity contribution >= 4 is 27.5 Å². The van der Waals surface area contributed by atoms with Gasteiger partial charge in [-0.25, -0.2) is 22.5 Å². The number of piperazine rings is 1. The van der Waals surface area contributed by atoms with Crippen molar-refractivity contribution in [3.63, 3.8) is 0 Å². The smallest absolute Gasteiger partial charge is 0.319 e. The van der Waals surface area contributed by atoms with E-state index in [1.165, 1.54) is 6.07 Å². The van der Waals surface area contributed by atoms with E-state index < -0.39 is 17.2 Å². The van der Waals surface area contributed by atoms with E-state index in [0.717, 1.165) is 50.0 Å². The average molecular weight is 689 g/mol. The Morgan fingerprint density at radius 3 is 2.50 bits per heavy atom. The molecule has 2 saturated carbocycles. The van der Waals surface area contributed by atoms with Gasteiger partial charge in [0, 0.05) is 54.5 Å². The molecule has 3 atom stereocenters. The van der Waals surface area contributed by atoms with Crippen molar-refractivity contribution < 1.29 is 22.3 Å². The summed E-state index contributed by atoms with van der Waals surface area (Å²) in [6, 6.07) is 9.23. The van der Waals surface area contributed by atoms with E-state index in [-0.39, 0.29) is 52.9 Å². The van der Waals surface area contributed by atoms with Crippen molar-refractivity contribution in [3.05, 3.63) is 53.2 Å². The molecule has 5 aliphatic rings. The number of ether oxygens (including phenoxy) is 1. The molecule has 2 saturated heterocycles. The summed E-state index contributed by atoms with van der Waals surface area (Å²) in [5, 5.41) is 5.76. The molecule has 1 spiro atoms. The summed E-state index contributed by atoms with van der Waals surface area (Å²) in [4.78, 5) is 19.5. The number of likely N-dealkylation sites (tertiary alicyclic amines) is 1. The van der Waals surface area contributed by atoms with Crippen LogP contribution in [0, 0.1) is 35.3 Å². The van der Waals surface area contributed by atoms with Crippen LogP contribution in [-0.4, -0.2) is 77.2 Å². The van der Waals surface area contributed by atoms with Gasteiger partial charge in [0.2, 0.25) is 0 Å². The SMILES string of the molecule is CC[C@@H]1CN2c3nc(OCC4(CN5CCC6(CC5)CC6(F)F)CC4)nc4c(F)c(-c5cccc6ccc(F)c(C)c56)nc(c34)C[C@H](C)[C@H]2CN1. The predicted molar refractivity (Wildman–Crippen MR) is 186 cm³/mol. The minimum atomic E-state index is -2.50. The Morgan fingerprint density at radius 1 is 1.00 bits per heavy atom. The van der Waals surface area contributed by atoms with Gasteiger partial charge in [0.1, 0.15) is 22.8 Å². The normalized spacial score (nSPS) is 26.2. The first-order valence-corrected chi connectivity index (χ1v) is 18.3. The molecule has 11 heteroatoms. The minimum Gasteiger partial charge on any atom is -0.463 e. The average Bonchev–Trinajstić information content (AvgIpc) is 4.01. The molecule has 7 nitrogen and oxygen atoms in total. The lowest BCUT2D eigenvalue weighted by Crippen LogP contribution is -2.58. The minimum absolute atomic E-state index is 0.0297. The van der Waals surface area contributed by atoms with Gasteiger partial charge in [0.05, 0.1) is 17.7 Å². The number of piperidine rings is 1. The fourth-order valence-electron chi connectivity index (χ4n) is 9.12. The number of nitrogens with one attached hydrogen (secondary N) is 1. The number of hydrogen-bond acceptors (Lipinski definition) is 7. The van der Waals surface area contributed by atoms with Gasteiger partial charge in [-0.1, -0.05) is 38.1 Å². The third-order valence-corrected chi connectivity index (χ3v) is 12.7. The molecule has 0 amide bonds. The summed E-state index contributed by atoms with van der Waals surface area (Å²) in [5.74, 6) is -2.58. The number of rotatable bonds is 7. The Balaban J connectivity index is 1.10. The number of fused-ring (bicyclic) bond motifs is 3. The molecule has 1 N–H and O–H groups in total. The number of aromatic nitrogens is 3. The number of nitrogens with zero attached hydrogens (tertiary/aromatic N) is 5. The van der Waals surface area contributed by atoms with Crippen LogP contribution in [0.2, 0.25) is 0 Å². The second-order valence-corrected chi connectivity index (χ2v) is 16.0. The second kappa shape index (κ2) is 11.5.